The van der Waals surface area contributed by atoms with Crippen LogP contribution in [0.3, 0.4) is 0 Å². The first-order valence-corrected chi connectivity index (χ1v) is 10.00. The van der Waals surface area contributed by atoms with Gasteiger partial charge in [0.05, 0.1) is 12.8 Å². The number of fused-ring (bicyclic) bond motifs is 1. The number of amides is 2. The van der Waals surface area contributed by atoms with E-state index in [1.165, 1.54) is 17.0 Å². The minimum atomic E-state index is -0.522. The van der Waals surface area contributed by atoms with E-state index in [2.05, 4.69) is 5.32 Å². The Labute approximate surface area is 184 Å². The van der Waals surface area contributed by atoms with Crippen LogP contribution in [-0.2, 0) is 16.1 Å². The largest absolute Gasteiger partial charge is 0.497 e. The summed E-state index contributed by atoms with van der Waals surface area (Å²) in [6, 6.07) is 20.3. The fraction of sp³-hybridized carbons (Fsp3) is 0.120. The smallest absolute Gasteiger partial charge is 0.294 e. The third-order valence-electron chi connectivity index (χ3n) is 4.97. The summed E-state index contributed by atoms with van der Waals surface area (Å²) in [7, 11) is 1.59. The predicted octanol–water partition coefficient (Wildman–Crippen LogP) is 3.92. The molecule has 0 bridgehead atoms. The molecule has 0 spiro atoms. The maximum atomic E-state index is 14.1. The van der Waals surface area contributed by atoms with E-state index < -0.39 is 11.7 Å². The van der Waals surface area contributed by atoms with Crippen molar-refractivity contribution in [2.24, 2.45) is 0 Å². The summed E-state index contributed by atoms with van der Waals surface area (Å²) in [5.41, 5.74) is 1.59. The first kappa shape index (κ1) is 21.1. The Hall–Kier alpha value is -4.13. The van der Waals surface area contributed by atoms with Gasteiger partial charge in [0.15, 0.2) is 11.5 Å². The van der Waals surface area contributed by atoms with Crippen molar-refractivity contribution in [3.8, 4) is 11.5 Å². The van der Waals surface area contributed by atoms with E-state index in [0.717, 1.165) is 11.3 Å². The molecule has 162 valence electrons. The van der Waals surface area contributed by atoms with Gasteiger partial charge in [0.2, 0.25) is 5.91 Å². The number of para-hydroxylation sites is 2. The number of anilines is 1. The van der Waals surface area contributed by atoms with E-state index >= 15 is 0 Å². The summed E-state index contributed by atoms with van der Waals surface area (Å²) >= 11 is 0. The van der Waals surface area contributed by atoms with Crippen molar-refractivity contribution in [3.63, 3.8) is 0 Å². The van der Waals surface area contributed by atoms with Gasteiger partial charge in [0, 0.05) is 12.1 Å². The number of benzene rings is 3. The maximum absolute atomic E-state index is 14.1. The minimum Gasteiger partial charge on any atom is -0.497 e. The zero-order valence-corrected chi connectivity index (χ0v) is 17.4. The highest BCUT2D eigenvalue weighted by Crippen LogP contribution is 2.35. The molecule has 32 heavy (non-hydrogen) atoms. The molecule has 1 aliphatic heterocycles. The molecular weight excluding hydrogens is 411 g/mol. The number of carbonyl (C=O) groups is 2. The van der Waals surface area contributed by atoms with Gasteiger partial charge in [-0.25, -0.2) is 4.39 Å². The van der Waals surface area contributed by atoms with Crippen molar-refractivity contribution in [3.05, 3.63) is 95.5 Å². The van der Waals surface area contributed by atoms with Gasteiger partial charge >= 0.3 is 0 Å². The Morgan fingerprint density at radius 1 is 1.06 bits per heavy atom. The maximum Gasteiger partial charge on any atom is 0.294 e. The van der Waals surface area contributed by atoms with E-state index in [-0.39, 0.29) is 23.8 Å². The van der Waals surface area contributed by atoms with E-state index in [9.17, 15) is 14.0 Å². The van der Waals surface area contributed by atoms with Crippen LogP contribution in [0.1, 0.15) is 11.1 Å². The van der Waals surface area contributed by atoms with Crippen LogP contribution in [0.15, 0.2) is 78.6 Å². The Balaban J connectivity index is 1.52. The summed E-state index contributed by atoms with van der Waals surface area (Å²) in [4.78, 5) is 27.1. The number of nitrogens with one attached hydrogen (secondary N) is 1. The van der Waals surface area contributed by atoms with E-state index in [1.54, 1.807) is 49.6 Å². The van der Waals surface area contributed by atoms with Crippen molar-refractivity contribution in [2.75, 3.05) is 18.6 Å². The molecular formula is C25H21FN2O4. The molecule has 1 heterocycles. The summed E-state index contributed by atoms with van der Waals surface area (Å²) in [6.07, 6.45) is 1.34. The van der Waals surface area contributed by atoms with Gasteiger partial charge in [-0.15, -0.1) is 0 Å². The molecule has 7 heteroatoms. The SMILES string of the molecule is COc1ccc(CNC(=O)CN2C(=O)/C(=C/c3ccccc3F)Oc3ccccc32)cc1. The van der Waals surface area contributed by atoms with E-state index in [1.807, 2.05) is 24.3 Å². The zero-order valence-electron chi connectivity index (χ0n) is 17.4. The van der Waals surface area contributed by atoms with Crippen molar-refractivity contribution in [1.29, 1.82) is 0 Å². The van der Waals surface area contributed by atoms with Gasteiger partial charge in [-0.2, -0.15) is 0 Å². The van der Waals surface area contributed by atoms with E-state index in [4.69, 9.17) is 9.47 Å². The highest BCUT2D eigenvalue weighted by Gasteiger charge is 2.31. The monoisotopic (exact) mass is 432 g/mol. The fourth-order valence-corrected chi connectivity index (χ4v) is 3.30. The van der Waals surface area contributed by atoms with Gasteiger partial charge in [0.1, 0.15) is 18.1 Å². The van der Waals surface area contributed by atoms with Crippen LogP contribution in [0.25, 0.3) is 6.08 Å². The summed E-state index contributed by atoms with van der Waals surface area (Å²) < 4.78 is 24.9. The second-order valence-corrected chi connectivity index (χ2v) is 7.12. The molecule has 0 saturated heterocycles. The number of nitrogens with zero attached hydrogens (tertiary/aromatic N) is 1. The van der Waals surface area contributed by atoms with Crippen LogP contribution in [-0.4, -0.2) is 25.5 Å². The van der Waals surface area contributed by atoms with Gasteiger partial charge in [-0.05, 0) is 42.0 Å². The second-order valence-electron chi connectivity index (χ2n) is 7.12. The zero-order chi connectivity index (χ0) is 22.5. The Bertz CT molecular complexity index is 1170. The molecule has 0 aromatic heterocycles. The van der Waals surface area contributed by atoms with Crippen LogP contribution in [0.4, 0.5) is 10.1 Å². The lowest BCUT2D eigenvalue weighted by Gasteiger charge is -2.30. The predicted molar refractivity (Wildman–Crippen MR) is 119 cm³/mol. The summed E-state index contributed by atoms with van der Waals surface area (Å²) in [5.74, 6) is -0.249. The highest BCUT2D eigenvalue weighted by atomic mass is 19.1. The normalized spacial score (nSPS) is 14.0. The Morgan fingerprint density at radius 2 is 1.78 bits per heavy atom. The number of hydrogen-bond acceptors (Lipinski definition) is 4. The summed E-state index contributed by atoms with van der Waals surface area (Å²) in [6.45, 7) is 0.102. The van der Waals surface area contributed by atoms with Crippen LogP contribution in [0.5, 0.6) is 11.5 Å². The van der Waals surface area contributed by atoms with Crippen LogP contribution in [0.2, 0.25) is 0 Å². The molecule has 0 saturated carbocycles. The van der Waals surface area contributed by atoms with Gasteiger partial charge in [-0.1, -0.05) is 42.5 Å². The molecule has 6 nitrogen and oxygen atoms in total. The quantitative estimate of drug-likeness (QED) is 0.600. The minimum absolute atomic E-state index is 0.0586. The fourth-order valence-electron chi connectivity index (χ4n) is 3.30. The van der Waals surface area contributed by atoms with Gasteiger partial charge < -0.3 is 14.8 Å². The topological polar surface area (TPSA) is 67.9 Å². The molecule has 3 aromatic rings. The molecule has 0 radical (unpaired) electrons. The number of rotatable bonds is 6. The van der Waals surface area contributed by atoms with E-state index in [0.29, 0.717) is 18.0 Å². The second kappa shape index (κ2) is 9.34. The standard InChI is InChI=1S/C25H21FN2O4/c1-31-19-12-10-17(11-13-19)15-27-24(29)16-28-21-8-4-5-9-22(21)32-23(25(28)30)14-18-6-2-3-7-20(18)26/h2-14H,15-16H2,1H3,(H,27,29)/b23-14-. The Kier molecular flexibility index (Phi) is 6.17. The lowest BCUT2D eigenvalue weighted by atomic mass is 10.1. The number of methoxy groups -OCH3 is 1. The third kappa shape index (κ3) is 4.62. The molecule has 2 amide bonds. The molecule has 3 aromatic carbocycles. The van der Waals surface area contributed by atoms with Crippen LogP contribution < -0.4 is 19.7 Å². The summed E-state index contributed by atoms with van der Waals surface area (Å²) in [5, 5.41) is 2.81. The third-order valence-corrected chi connectivity index (χ3v) is 4.97. The highest BCUT2D eigenvalue weighted by molar-refractivity contribution is 6.12. The lowest BCUT2D eigenvalue weighted by Crippen LogP contribution is -2.44. The average Bonchev–Trinajstić information content (AvgIpc) is 2.82. The van der Waals surface area contributed by atoms with Gasteiger partial charge in [0.25, 0.3) is 5.91 Å². The lowest BCUT2D eigenvalue weighted by molar-refractivity contribution is -0.123. The van der Waals surface area contributed by atoms with Crippen LogP contribution >= 0.6 is 0 Å². The Morgan fingerprint density at radius 3 is 2.53 bits per heavy atom. The van der Waals surface area contributed by atoms with Crippen molar-refractivity contribution in [1.82, 2.24) is 5.32 Å². The number of carbonyl (C=O) groups excluding carboxylic acids is 2. The number of hydrogen-bond donors (Lipinski definition) is 1. The molecule has 1 aliphatic rings. The molecule has 0 unspecified atom stereocenters. The molecule has 0 aliphatic carbocycles. The molecule has 4 rings (SSSR count). The molecule has 0 atom stereocenters. The van der Waals surface area contributed by atoms with Crippen LogP contribution in [0, 0.1) is 5.82 Å². The first-order chi connectivity index (χ1) is 15.5. The number of ether oxygens (including phenoxy) is 2. The molecule has 0 fully saturated rings. The molecule has 1 N–H and O–H groups in total. The number of halogens is 1. The van der Waals surface area contributed by atoms with Crippen molar-refractivity contribution < 1.29 is 23.5 Å². The van der Waals surface area contributed by atoms with Crippen molar-refractivity contribution in [2.45, 2.75) is 6.54 Å². The van der Waals surface area contributed by atoms with Crippen molar-refractivity contribution >= 4 is 23.6 Å². The average molecular weight is 432 g/mol. The first-order valence-electron chi connectivity index (χ1n) is 10.00. The van der Waals surface area contributed by atoms with Gasteiger partial charge in [-0.3, -0.25) is 14.5 Å².